The van der Waals surface area contributed by atoms with Crippen LogP contribution < -0.4 is 15.2 Å². The molecule has 0 saturated carbocycles. The second-order valence-electron chi connectivity index (χ2n) is 4.33. The van der Waals surface area contributed by atoms with E-state index in [4.69, 9.17) is 10.5 Å². The molecule has 106 valence electrons. The van der Waals surface area contributed by atoms with E-state index in [2.05, 4.69) is 4.72 Å². The zero-order valence-electron chi connectivity index (χ0n) is 11.3. The van der Waals surface area contributed by atoms with Gasteiger partial charge >= 0.3 is 0 Å². The van der Waals surface area contributed by atoms with Crippen LogP contribution in [-0.2, 0) is 10.0 Å². The zero-order valence-corrected chi connectivity index (χ0v) is 12.1. The Hall–Kier alpha value is -2.21. The van der Waals surface area contributed by atoms with Crippen molar-refractivity contribution in [3.63, 3.8) is 0 Å². The Morgan fingerprint density at radius 1 is 1.15 bits per heavy atom. The smallest absolute Gasteiger partial charge is 0.262 e. The maximum absolute atomic E-state index is 12.4. The van der Waals surface area contributed by atoms with Gasteiger partial charge in [-0.1, -0.05) is 12.1 Å². The third kappa shape index (κ3) is 2.85. The average Bonchev–Trinajstić information content (AvgIpc) is 2.38. The topological polar surface area (TPSA) is 81.4 Å². The van der Waals surface area contributed by atoms with Crippen LogP contribution in [0.25, 0.3) is 0 Å². The van der Waals surface area contributed by atoms with Crippen LogP contribution >= 0.6 is 0 Å². The van der Waals surface area contributed by atoms with Gasteiger partial charge in [0.15, 0.2) is 0 Å². The van der Waals surface area contributed by atoms with Crippen molar-refractivity contribution in [3.8, 4) is 5.75 Å². The number of hydrogen-bond donors (Lipinski definition) is 2. The normalized spacial score (nSPS) is 11.1. The van der Waals surface area contributed by atoms with Gasteiger partial charge in [0.05, 0.1) is 17.7 Å². The lowest BCUT2D eigenvalue weighted by Gasteiger charge is -2.13. The van der Waals surface area contributed by atoms with Gasteiger partial charge in [-0.15, -0.1) is 0 Å². The predicted molar refractivity (Wildman–Crippen MR) is 79.4 cm³/mol. The molecule has 20 heavy (non-hydrogen) atoms. The Morgan fingerprint density at radius 2 is 1.85 bits per heavy atom. The highest BCUT2D eigenvalue weighted by Crippen LogP contribution is 2.27. The van der Waals surface area contributed by atoms with Crippen LogP contribution in [0.1, 0.15) is 5.56 Å². The first-order chi connectivity index (χ1) is 9.44. The highest BCUT2D eigenvalue weighted by Gasteiger charge is 2.18. The van der Waals surface area contributed by atoms with Crippen LogP contribution in [0.2, 0.25) is 0 Å². The summed E-state index contributed by atoms with van der Waals surface area (Å²) in [6.45, 7) is 1.70. The molecule has 0 radical (unpaired) electrons. The van der Waals surface area contributed by atoms with Gasteiger partial charge < -0.3 is 10.5 Å². The second-order valence-corrected chi connectivity index (χ2v) is 5.98. The number of rotatable bonds is 4. The van der Waals surface area contributed by atoms with E-state index >= 15 is 0 Å². The van der Waals surface area contributed by atoms with E-state index in [1.54, 1.807) is 43.3 Å². The fourth-order valence-electron chi connectivity index (χ4n) is 1.90. The molecule has 2 aromatic rings. The molecule has 0 saturated heterocycles. The Balaban J connectivity index is 2.41. The first-order valence-corrected chi connectivity index (χ1v) is 7.44. The van der Waals surface area contributed by atoms with Gasteiger partial charge in [-0.3, -0.25) is 4.72 Å². The molecule has 0 atom stereocenters. The monoisotopic (exact) mass is 292 g/mol. The van der Waals surface area contributed by atoms with Gasteiger partial charge in [-0.2, -0.15) is 0 Å². The van der Waals surface area contributed by atoms with Gasteiger partial charge in [0.1, 0.15) is 5.75 Å². The van der Waals surface area contributed by atoms with Crippen LogP contribution in [0.4, 0.5) is 11.4 Å². The molecule has 0 heterocycles. The Morgan fingerprint density at radius 3 is 2.50 bits per heavy atom. The summed E-state index contributed by atoms with van der Waals surface area (Å²) < 4.78 is 32.4. The van der Waals surface area contributed by atoms with Crippen molar-refractivity contribution in [2.75, 3.05) is 17.6 Å². The number of anilines is 2. The Labute approximate surface area is 118 Å². The van der Waals surface area contributed by atoms with Crippen molar-refractivity contribution in [2.45, 2.75) is 11.8 Å². The van der Waals surface area contributed by atoms with Crippen LogP contribution in [0.5, 0.6) is 5.75 Å². The highest BCUT2D eigenvalue weighted by molar-refractivity contribution is 7.92. The number of sulfonamides is 1. The number of para-hydroxylation sites is 2. The van der Waals surface area contributed by atoms with Gasteiger partial charge in [-0.25, -0.2) is 8.42 Å². The molecule has 5 nitrogen and oxygen atoms in total. The maximum Gasteiger partial charge on any atom is 0.262 e. The predicted octanol–water partition coefficient (Wildman–Crippen LogP) is 2.39. The van der Waals surface area contributed by atoms with Crippen LogP contribution in [0.15, 0.2) is 47.4 Å². The van der Waals surface area contributed by atoms with Crippen molar-refractivity contribution in [3.05, 3.63) is 48.0 Å². The van der Waals surface area contributed by atoms with E-state index in [0.29, 0.717) is 22.7 Å². The fraction of sp³-hybridized carbons (Fsp3) is 0.143. The molecule has 3 N–H and O–H groups in total. The second kappa shape index (κ2) is 5.42. The van der Waals surface area contributed by atoms with Crippen molar-refractivity contribution in [1.29, 1.82) is 0 Å². The molecule has 0 unspecified atom stereocenters. The SMILES string of the molecule is COc1ccccc1NS(=O)(=O)c1ccc(N)cc1C. The standard InChI is InChI=1S/C14H16N2O3S/c1-10-9-11(15)7-8-14(10)20(17,18)16-12-5-3-4-6-13(12)19-2/h3-9,16H,15H2,1-2H3. The van der Waals surface area contributed by atoms with Crippen molar-refractivity contribution in [1.82, 2.24) is 0 Å². The summed E-state index contributed by atoms with van der Waals surface area (Å²) in [4.78, 5) is 0.192. The van der Waals surface area contributed by atoms with E-state index in [-0.39, 0.29) is 4.90 Å². The van der Waals surface area contributed by atoms with Gasteiger partial charge in [0.25, 0.3) is 10.0 Å². The molecule has 6 heteroatoms. The summed E-state index contributed by atoms with van der Waals surface area (Å²) in [6.07, 6.45) is 0. The van der Waals surface area contributed by atoms with Crippen molar-refractivity contribution in [2.24, 2.45) is 0 Å². The molecule has 0 bridgehead atoms. The number of aryl methyl sites for hydroxylation is 1. The summed E-state index contributed by atoms with van der Waals surface area (Å²) in [5, 5.41) is 0. The number of hydrogen-bond acceptors (Lipinski definition) is 4. The minimum Gasteiger partial charge on any atom is -0.495 e. The van der Waals surface area contributed by atoms with E-state index in [1.165, 1.54) is 13.2 Å². The van der Waals surface area contributed by atoms with Gasteiger partial charge in [-0.05, 0) is 42.8 Å². The van der Waals surface area contributed by atoms with Crippen molar-refractivity contribution < 1.29 is 13.2 Å². The van der Waals surface area contributed by atoms with E-state index in [1.807, 2.05) is 0 Å². The van der Waals surface area contributed by atoms with Gasteiger partial charge in [0, 0.05) is 5.69 Å². The summed E-state index contributed by atoms with van der Waals surface area (Å²) in [6, 6.07) is 11.5. The number of nitrogens with one attached hydrogen (secondary N) is 1. The maximum atomic E-state index is 12.4. The molecule has 2 aromatic carbocycles. The molecule has 0 amide bonds. The summed E-state index contributed by atoms with van der Waals surface area (Å²) in [7, 11) is -2.19. The first kappa shape index (κ1) is 14.2. The van der Waals surface area contributed by atoms with E-state index in [0.717, 1.165) is 0 Å². The number of benzene rings is 2. The number of methoxy groups -OCH3 is 1. The lowest BCUT2D eigenvalue weighted by molar-refractivity contribution is 0.417. The van der Waals surface area contributed by atoms with Gasteiger partial charge in [0.2, 0.25) is 0 Å². The first-order valence-electron chi connectivity index (χ1n) is 5.96. The number of ether oxygens (including phenoxy) is 1. The molecule has 0 aliphatic carbocycles. The molecule has 0 aliphatic rings. The molecule has 0 fully saturated rings. The molecule has 0 spiro atoms. The highest BCUT2D eigenvalue weighted by atomic mass is 32.2. The zero-order chi connectivity index (χ0) is 14.8. The Bertz CT molecular complexity index is 727. The average molecular weight is 292 g/mol. The molecular weight excluding hydrogens is 276 g/mol. The third-order valence-electron chi connectivity index (χ3n) is 2.84. The number of nitrogen functional groups attached to an aromatic ring is 1. The summed E-state index contributed by atoms with van der Waals surface area (Å²) in [5.74, 6) is 0.462. The van der Waals surface area contributed by atoms with E-state index < -0.39 is 10.0 Å². The molecular formula is C14H16N2O3S. The third-order valence-corrected chi connectivity index (χ3v) is 4.37. The molecule has 0 aromatic heterocycles. The van der Waals surface area contributed by atoms with E-state index in [9.17, 15) is 8.42 Å². The van der Waals surface area contributed by atoms with Crippen LogP contribution in [-0.4, -0.2) is 15.5 Å². The quantitative estimate of drug-likeness (QED) is 0.848. The van der Waals surface area contributed by atoms with Crippen molar-refractivity contribution >= 4 is 21.4 Å². The van der Waals surface area contributed by atoms with Crippen LogP contribution in [0, 0.1) is 6.92 Å². The number of nitrogens with two attached hydrogens (primary N) is 1. The fourth-order valence-corrected chi connectivity index (χ4v) is 3.20. The largest absolute Gasteiger partial charge is 0.495 e. The van der Waals surface area contributed by atoms with Crippen LogP contribution in [0.3, 0.4) is 0 Å². The Kier molecular flexibility index (Phi) is 3.85. The lowest BCUT2D eigenvalue weighted by Crippen LogP contribution is -2.15. The molecule has 0 aliphatic heterocycles. The lowest BCUT2D eigenvalue weighted by atomic mass is 10.2. The summed E-state index contributed by atoms with van der Waals surface area (Å²) in [5.41, 5.74) is 7.15. The summed E-state index contributed by atoms with van der Waals surface area (Å²) >= 11 is 0. The minimum atomic E-state index is -3.68. The molecule has 2 rings (SSSR count). The minimum absolute atomic E-state index is 0.192.